The van der Waals surface area contributed by atoms with Crippen LogP contribution in [-0.4, -0.2) is 27.6 Å². The molecule has 1 aliphatic heterocycles. The van der Waals surface area contributed by atoms with Crippen LogP contribution in [0.25, 0.3) is 11.0 Å². The van der Waals surface area contributed by atoms with Crippen LogP contribution in [0.4, 0.5) is 17.3 Å². The summed E-state index contributed by atoms with van der Waals surface area (Å²) >= 11 is 0. The first-order chi connectivity index (χ1) is 13.6. The molecule has 0 amide bonds. The fourth-order valence-electron chi connectivity index (χ4n) is 3.59. The first kappa shape index (κ1) is 18.2. The summed E-state index contributed by atoms with van der Waals surface area (Å²) in [6.07, 6.45) is 5.58. The van der Waals surface area contributed by atoms with E-state index in [1.54, 1.807) is 22.9 Å². The van der Waals surface area contributed by atoms with Crippen LogP contribution in [0.5, 0.6) is 0 Å². The van der Waals surface area contributed by atoms with E-state index in [0.717, 1.165) is 29.7 Å². The highest BCUT2D eigenvalue weighted by molar-refractivity contribution is 5.75. The summed E-state index contributed by atoms with van der Waals surface area (Å²) in [5.74, 6) is 0.472. The monoisotopic (exact) mass is 375 g/mol. The van der Waals surface area contributed by atoms with Gasteiger partial charge in [-0.05, 0) is 56.5 Å². The van der Waals surface area contributed by atoms with Gasteiger partial charge >= 0.3 is 0 Å². The minimum Gasteiger partial charge on any atom is -0.372 e. The summed E-state index contributed by atoms with van der Waals surface area (Å²) in [5, 5.41) is 4.07. The van der Waals surface area contributed by atoms with Gasteiger partial charge in [-0.2, -0.15) is 4.98 Å². The quantitative estimate of drug-likeness (QED) is 0.680. The van der Waals surface area contributed by atoms with E-state index in [2.05, 4.69) is 38.9 Å². The molecule has 0 radical (unpaired) electrons. The lowest BCUT2D eigenvalue weighted by Gasteiger charge is -2.28. The third-order valence-electron chi connectivity index (χ3n) is 5.00. The zero-order valence-electron chi connectivity index (χ0n) is 16.2. The highest BCUT2D eigenvalue weighted by Gasteiger charge is 2.11. The number of anilines is 3. The van der Waals surface area contributed by atoms with Crippen molar-refractivity contribution in [2.24, 2.45) is 0 Å². The summed E-state index contributed by atoms with van der Waals surface area (Å²) in [4.78, 5) is 23.7. The van der Waals surface area contributed by atoms with Crippen LogP contribution in [0.1, 0.15) is 26.2 Å². The molecule has 3 heterocycles. The number of fused-ring (bicyclic) bond motifs is 1. The second-order valence-corrected chi connectivity index (χ2v) is 7.41. The number of rotatable bonds is 5. The van der Waals surface area contributed by atoms with Crippen molar-refractivity contribution < 1.29 is 0 Å². The molecular formula is C22H25N5O. The third-order valence-corrected chi connectivity index (χ3v) is 5.00. The van der Waals surface area contributed by atoms with E-state index in [0.29, 0.717) is 18.1 Å². The predicted molar refractivity (Wildman–Crippen MR) is 114 cm³/mol. The van der Waals surface area contributed by atoms with Crippen molar-refractivity contribution in [2.45, 2.75) is 32.7 Å². The number of nitrogens with zero attached hydrogens (tertiary/aromatic N) is 4. The van der Waals surface area contributed by atoms with Crippen molar-refractivity contribution in [1.29, 1.82) is 0 Å². The Balaban J connectivity index is 1.59. The Kier molecular flexibility index (Phi) is 5.10. The second kappa shape index (κ2) is 7.84. The van der Waals surface area contributed by atoms with Crippen molar-refractivity contribution in [3.63, 3.8) is 0 Å². The van der Waals surface area contributed by atoms with Gasteiger partial charge < -0.3 is 10.2 Å². The fraction of sp³-hybridized carbons (Fsp3) is 0.318. The first-order valence-electron chi connectivity index (χ1n) is 9.73. The van der Waals surface area contributed by atoms with Gasteiger partial charge in [0.05, 0.1) is 0 Å². The Morgan fingerprint density at radius 3 is 2.57 bits per heavy atom. The lowest BCUT2D eigenvalue weighted by atomic mass is 10.1. The molecule has 0 spiro atoms. The maximum absolute atomic E-state index is 12.3. The summed E-state index contributed by atoms with van der Waals surface area (Å²) in [7, 11) is 0. The molecule has 0 bridgehead atoms. The molecule has 6 heteroatoms. The highest BCUT2D eigenvalue weighted by atomic mass is 16.1. The van der Waals surface area contributed by atoms with Crippen molar-refractivity contribution in [3.05, 3.63) is 65.1 Å². The lowest BCUT2D eigenvalue weighted by Crippen LogP contribution is -2.29. The molecule has 1 fully saturated rings. The molecule has 1 saturated heterocycles. The van der Waals surface area contributed by atoms with E-state index in [-0.39, 0.29) is 5.56 Å². The highest BCUT2D eigenvalue weighted by Crippen LogP contribution is 2.23. The van der Waals surface area contributed by atoms with Gasteiger partial charge in [0.1, 0.15) is 5.65 Å². The maximum atomic E-state index is 12.3. The molecule has 0 atom stereocenters. The summed E-state index contributed by atoms with van der Waals surface area (Å²) in [5.41, 5.74) is 3.59. The Hall–Kier alpha value is -3.15. The summed E-state index contributed by atoms with van der Waals surface area (Å²) in [6.45, 7) is 8.50. The minimum absolute atomic E-state index is 0.0916. The van der Waals surface area contributed by atoms with Crippen LogP contribution in [-0.2, 0) is 6.54 Å². The number of allylic oxidation sites excluding steroid dienone is 1. The number of hydrogen-bond donors (Lipinski definition) is 1. The normalized spacial score (nSPS) is 14.2. The average molecular weight is 375 g/mol. The van der Waals surface area contributed by atoms with Crippen LogP contribution in [0.3, 0.4) is 0 Å². The van der Waals surface area contributed by atoms with E-state index in [4.69, 9.17) is 0 Å². The number of aromatic nitrogens is 3. The van der Waals surface area contributed by atoms with Crippen LogP contribution >= 0.6 is 0 Å². The van der Waals surface area contributed by atoms with Gasteiger partial charge in [-0.1, -0.05) is 12.2 Å². The molecule has 4 rings (SSSR count). The summed E-state index contributed by atoms with van der Waals surface area (Å²) in [6, 6.07) is 11.6. The largest absolute Gasteiger partial charge is 0.372 e. The molecule has 6 nitrogen and oxygen atoms in total. The van der Waals surface area contributed by atoms with Gasteiger partial charge in [-0.3, -0.25) is 9.36 Å². The SMILES string of the molecule is C=C(C)Cn1c(=O)ccc2cnc(Nc3ccc(N4CCCCC4)cc3)nc21. The number of nitrogens with one attached hydrogen (secondary N) is 1. The fourth-order valence-corrected chi connectivity index (χ4v) is 3.59. The van der Waals surface area contributed by atoms with Gasteiger partial charge in [0.15, 0.2) is 0 Å². The lowest BCUT2D eigenvalue weighted by molar-refractivity contribution is 0.578. The number of piperidine rings is 1. The van der Waals surface area contributed by atoms with Gasteiger partial charge in [-0.25, -0.2) is 4.98 Å². The molecule has 144 valence electrons. The maximum Gasteiger partial charge on any atom is 0.252 e. The third kappa shape index (κ3) is 3.91. The van der Waals surface area contributed by atoms with Crippen molar-refractivity contribution >= 4 is 28.4 Å². The number of benzene rings is 1. The Bertz CT molecular complexity index is 1050. The molecule has 1 N–H and O–H groups in total. The molecule has 28 heavy (non-hydrogen) atoms. The van der Waals surface area contributed by atoms with E-state index in [1.165, 1.54) is 24.9 Å². The molecule has 0 unspecified atom stereocenters. The topological polar surface area (TPSA) is 63.1 Å². The van der Waals surface area contributed by atoms with Gasteiger partial charge in [0.2, 0.25) is 5.95 Å². The van der Waals surface area contributed by atoms with Crippen LogP contribution in [0, 0.1) is 0 Å². The smallest absolute Gasteiger partial charge is 0.252 e. The molecule has 1 aliphatic rings. The summed E-state index contributed by atoms with van der Waals surface area (Å²) < 4.78 is 1.63. The zero-order chi connectivity index (χ0) is 19.5. The van der Waals surface area contributed by atoms with E-state index < -0.39 is 0 Å². The van der Waals surface area contributed by atoms with Gasteiger partial charge in [0, 0.05) is 48.7 Å². The van der Waals surface area contributed by atoms with Crippen LogP contribution in [0.2, 0.25) is 0 Å². The standard InChI is InChI=1S/C22H25N5O/c1-16(2)15-27-20(28)11-6-17-14-23-22(25-21(17)27)24-18-7-9-19(10-8-18)26-12-4-3-5-13-26/h6-11,14H,1,3-5,12-13,15H2,2H3,(H,23,24,25). The molecule has 0 saturated carbocycles. The number of pyridine rings is 1. The molecule has 1 aromatic carbocycles. The van der Waals surface area contributed by atoms with Crippen LogP contribution in [0.15, 0.2) is 59.5 Å². The van der Waals surface area contributed by atoms with E-state index >= 15 is 0 Å². The van der Waals surface area contributed by atoms with Crippen molar-refractivity contribution in [1.82, 2.24) is 14.5 Å². The Morgan fingerprint density at radius 2 is 1.86 bits per heavy atom. The molecular weight excluding hydrogens is 350 g/mol. The second-order valence-electron chi connectivity index (χ2n) is 7.41. The molecule has 0 aliphatic carbocycles. The Labute approximate surface area is 164 Å². The predicted octanol–water partition coefficient (Wildman–Crippen LogP) is 4.10. The van der Waals surface area contributed by atoms with Crippen molar-refractivity contribution in [2.75, 3.05) is 23.3 Å². The Morgan fingerprint density at radius 1 is 1.11 bits per heavy atom. The van der Waals surface area contributed by atoms with Crippen molar-refractivity contribution in [3.8, 4) is 0 Å². The van der Waals surface area contributed by atoms with Crippen LogP contribution < -0.4 is 15.8 Å². The van der Waals surface area contributed by atoms with E-state index in [1.807, 2.05) is 19.1 Å². The molecule has 3 aromatic rings. The van der Waals surface area contributed by atoms with E-state index in [9.17, 15) is 4.79 Å². The molecule has 2 aromatic heterocycles. The number of hydrogen-bond acceptors (Lipinski definition) is 5. The average Bonchev–Trinajstić information content (AvgIpc) is 2.71. The van der Waals surface area contributed by atoms with Gasteiger partial charge in [0.25, 0.3) is 5.56 Å². The zero-order valence-corrected chi connectivity index (χ0v) is 16.2. The first-order valence-corrected chi connectivity index (χ1v) is 9.73. The minimum atomic E-state index is -0.0916. The van der Waals surface area contributed by atoms with Gasteiger partial charge in [-0.15, -0.1) is 0 Å².